The van der Waals surface area contributed by atoms with Crippen LogP contribution in [0, 0.1) is 5.92 Å². The molecule has 0 aromatic heterocycles. The lowest BCUT2D eigenvalue weighted by Gasteiger charge is -2.06. The molecular formula is C14H18F2O2. The van der Waals surface area contributed by atoms with Crippen LogP contribution in [0.5, 0.6) is 5.75 Å². The van der Waals surface area contributed by atoms with E-state index >= 15 is 0 Å². The molecule has 1 aromatic rings. The molecule has 0 aliphatic carbocycles. The van der Waals surface area contributed by atoms with Crippen molar-refractivity contribution in [2.24, 2.45) is 5.92 Å². The molecule has 0 unspecified atom stereocenters. The standard InChI is InChI=1S/C14H18F2O2/c1-10(2)4-3-5-13(17)11-6-8-12(9-7-11)18-14(15)16/h6-10,14H,3-5H2,1-2H3. The second kappa shape index (κ2) is 7.09. The number of Topliss-reactive ketones (excluding diaryl/α,β-unsaturated/α-hetero) is 1. The molecular weight excluding hydrogens is 238 g/mol. The molecule has 0 bridgehead atoms. The van der Waals surface area contributed by atoms with Crippen molar-refractivity contribution in [2.75, 3.05) is 0 Å². The third kappa shape index (κ3) is 5.25. The summed E-state index contributed by atoms with van der Waals surface area (Å²) in [6, 6.07) is 5.83. The first-order chi connectivity index (χ1) is 8.49. The summed E-state index contributed by atoms with van der Waals surface area (Å²) < 4.78 is 28.1. The predicted molar refractivity (Wildman–Crippen MR) is 66.1 cm³/mol. The van der Waals surface area contributed by atoms with Crippen molar-refractivity contribution in [3.63, 3.8) is 0 Å². The first kappa shape index (κ1) is 14.6. The zero-order valence-electron chi connectivity index (χ0n) is 10.7. The molecule has 2 nitrogen and oxygen atoms in total. The Kier molecular flexibility index (Phi) is 5.75. The van der Waals surface area contributed by atoms with Crippen molar-refractivity contribution in [1.82, 2.24) is 0 Å². The fourth-order valence-corrected chi connectivity index (χ4v) is 1.64. The van der Waals surface area contributed by atoms with Gasteiger partial charge in [0.15, 0.2) is 5.78 Å². The molecule has 0 fully saturated rings. The minimum atomic E-state index is -2.84. The van der Waals surface area contributed by atoms with E-state index < -0.39 is 6.61 Å². The summed E-state index contributed by atoms with van der Waals surface area (Å²) in [7, 11) is 0. The number of hydrogen-bond donors (Lipinski definition) is 0. The molecule has 1 rings (SSSR count). The Bertz CT molecular complexity index is 372. The molecule has 0 aliphatic rings. The van der Waals surface area contributed by atoms with E-state index in [2.05, 4.69) is 18.6 Å². The topological polar surface area (TPSA) is 26.3 Å². The van der Waals surface area contributed by atoms with Gasteiger partial charge in [-0.3, -0.25) is 4.79 Å². The average Bonchev–Trinajstić information content (AvgIpc) is 2.28. The smallest absolute Gasteiger partial charge is 0.387 e. The van der Waals surface area contributed by atoms with Crippen LogP contribution >= 0.6 is 0 Å². The fourth-order valence-electron chi connectivity index (χ4n) is 1.64. The molecule has 0 saturated carbocycles. The minimum Gasteiger partial charge on any atom is -0.435 e. The van der Waals surface area contributed by atoms with E-state index in [0.29, 0.717) is 17.9 Å². The van der Waals surface area contributed by atoms with E-state index in [9.17, 15) is 13.6 Å². The Labute approximate surface area is 106 Å². The molecule has 0 atom stereocenters. The highest BCUT2D eigenvalue weighted by Crippen LogP contribution is 2.17. The maximum Gasteiger partial charge on any atom is 0.387 e. The van der Waals surface area contributed by atoms with Gasteiger partial charge in [0.05, 0.1) is 0 Å². The molecule has 0 N–H and O–H groups in total. The van der Waals surface area contributed by atoms with Gasteiger partial charge in [-0.05, 0) is 36.6 Å². The van der Waals surface area contributed by atoms with Gasteiger partial charge in [0.2, 0.25) is 0 Å². The van der Waals surface area contributed by atoms with Gasteiger partial charge in [0, 0.05) is 12.0 Å². The van der Waals surface area contributed by atoms with E-state index in [1.54, 1.807) is 0 Å². The number of ketones is 1. The van der Waals surface area contributed by atoms with Gasteiger partial charge < -0.3 is 4.74 Å². The lowest BCUT2D eigenvalue weighted by Crippen LogP contribution is -2.03. The van der Waals surface area contributed by atoms with Gasteiger partial charge >= 0.3 is 6.61 Å². The van der Waals surface area contributed by atoms with Crippen LogP contribution in [0.3, 0.4) is 0 Å². The van der Waals surface area contributed by atoms with Crippen molar-refractivity contribution in [1.29, 1.82) is 0 Å². The average molecular weight is 256 g/mol. The minimum absolute atomic E-state index is 0.0410. The Morgan fingerprint density at radius 3 is 2.33 bits per heavy atom. The maximum atomic E-state index is 11.9. The Morgan fingerprint density at radius 2 is 1.83 bits per heavy atom. The lowest BCUT2D eigenvalue weighted by atomic mass is 10.0. The molecule has 0 amide bonds. The van der Waals surface area contributed by atoms with Crippen LogP contribution in [0.1, 0.15) is 43.5 Å². The molecule has 0 radical (unpaired) electrons. The van der Waals surface area contributed by atoms with Gasteiger partial charge in [-0.25, -0.2) is 0 Å². The first-order valence-electron chi connectivity index (χ1n) is 6.07. The van der Waals surface area contributed by atoms with Gasteiger partial charge in [-0.1, -0.05) is 20.3 Å². The monoisotopic (exact) mass is 256 g/mol. The SMILES string of the molecule is CC(C)CCCC(=O)c1ccc(OC(F)F)cc1. The highest BCUT2D eigenvalue weighted by atomic mass is 19.3. The number of carbonyl (C=O) groups is 1. The molecule has 0 saturated heterocycles. The summed E-state index contributed by atoms with van der Waals surface area (Å²) in [6.07, 6.45) is 2.36. The second-order valence-electron chi connectivity index (χ2n) is 4.61. The third-order valence-corrected chi connectivity index (χ3v) is 2.59. The van der Waals surface area contributed by atoms with Crippen molar-refractivity contribution >= 4 is 5.78 Å². The summed E-state index contributed by atoms with van der Waals surface area (Å²) in [6.45, 7) is 1.39. The number of ether oxygens (including phenoxy) is 1. The number of carbonyl (C=O) groups excluding carboxylic acids is 1. The van der Waals surface area contributed by atoms with Crippen LogP contribution in [0.2, 0.25) is 0 Å². The summed E-state index contributed by atoms with van der Waals surface area (Å²) in [5, 5.41) is 0. The zero-order chi connectivity index (χ0) is 13.5. The molecule has 18 heavy (non-hydrogen) atoms. The van der Waals surface area contributed by atoms with Crippen molar-refractivity contribution < 1.29 is 18.3 Å². The molecule has 0 spiro atoms. The molecule has 0 heterocycles. The van der Waals surface area contributed by atoms with Crippen LogP contribution < -0.4 is 4.74 Å². The van der Waals surface area contributed by atoms with Crippen molar-refractivity contribution in [3.8, 4) is 5.75 Å². The van der Waals surface area contributed by atoms with Crippen LogP contribution in [0.4, 0.5) is 8.78 Å². The number of hydrogen-bond acceptors (Lipinski definition) is 2. The van der Waals surface area contributed by atoms with Gasteiger partial charge in [0.25, 0.3) is 0 Å². The second-order valence-corrected chi connectivity index (χ2v) is 4.61. The predicted octanol–water partition coefficient (Wildman–Crippen LogP) is 4.30. The highest BCUT2D eigenvalue weighted by Gasteiger charge is 2.08. The van der Waals surface area contributed by atoms with E-state index in [-0.39, 0.29) is 11.5 Å². The van der Waals surface area contributed by atoms with Crippen molar-refractivity contribution in [3.05, 3.63) is 29.8 Å². The number of halogens is 2. The van der Waals surface area contributed by atoms with E-state index in [4.69, 9.17) is 0 Å². The Balaban J connectivity index is 2.48. The number of rotatable bonds is 7. The van der Waals surface area contributed by atoms with Gasteiger partial charge in [0.1, 0.15) is 5.75 Å². The Morgan fingerprint density at radius 1 is 1.22 bits per heavy atom. The summed E-state index contributed by atoms with van der Waals surface area (Å²) >= 11 is 0. The zero-order valence-corrected chi connectivity index (χ0v) is 10.7. The Hall–Kier alpha value is -1.45. The van der Waals surface area contributed by atoms with Gasteiger partial charge in [-0.15, -0.1) is 0 Å². The summed E-state index contributed by atoms with van der Waals surface area (Å²) in [4.78, 5) is 11.8. The molecule has 100 valence electrons. The fraction of sp³-hybridized carbons (Fsp3) is 0.500. The highest BCUT2D eigenvalue weighted by molar-refractivity contribution is 5.96. The number of benzene rings is 1. The quantitative estimate of drug-likeness (QED) is 0.680. The van der Waals surface area contributed by atoms with Gasteiger partial charge in [-0.2, -0.15) is 8.78 Å². The van der Waals surface area contributed by atoms with Crippen LogP contribution in [0.25, 0.3) is 0 Å². The summed E-state index contributed by atoms with van der Waals surface area (Å²) in [5.41, 5.74) is 0.542. The largest absolute Gasteiger partial charge is 0.435 e. The summed E-state index contributed by atoms with van der Waals surface area (Å²) in [5.74, 6) is 0.697. The van der Waals surface area contributed by atoms with Crippen LogP contribution in [-0.4, -0.2) is 12.4 Å². The normalized spacial score (nSPS) is 11.0. The molecule has 1 aromatic carbocycles. The third-order valence-electron chi connectivity index (χ3n) is 2.59. The first-order valence-corrected chi connectivity index (χ1v) is 6.07. The molecule has 4 heteroatoms. The van der Waals surface area contributed by atoms with E-state index in [1.165, 1.54) is 24.3 Å². The van der Waals surface area contributed by atoms with Crippen LogP contribution in [0.15, 0.2) is 24.3 Å². The molecule has 0 aliphatic heterocycles. The number of alkyl halides is 2. The van der Waals surface area contributed by atoms with Crippen molar-refractivity contribution in [2.45, 2.75) is 39.7 Å². The lowest BCUT2D eigenvalue weighted by molar-refractivity contribution is -0.0498. The van der Waals surface area contributed by atoms with E-state index in [1.807, 2.05) is 0 Å². The van der Waals surface area contributed by atoms with E-state index in [0.717, 1.165) is 12.8 Å². The van der Waals surface area contributed by atoms with Crippen LogP contribution in [-0.2, 0) is 0 Å². The maximum absolute atomic E-state index is 11.9.